The van der Waals surface area contributed by atoms with Crippen molar-refractivity contribution in [2.75, 3.05) is 7.11 Å². The molecule has 0 radical (unpaired) electrons. The number of benzene rings is 5. The number of ether oxygens (including phenoxy) is 1. The van der Waals surface area contributed by atoms with E-state index in [1.54, 1.807) is 7.11 Å². The number of rotatable bonds is 6. The molecule has 0 saturated carbocycles. The van der Waals surface area contributed by atoms with E-state index in [1.165, 1.54) is 22.5 Å². The highest BCUT2D eigenvalue weighted by Crippen LogP contribution is 2.42. The molecule has 7 aromatic rings. The molecule has 9 rings (SSSR count). The summed E-state index contributed by atoms with van der Waals surface area (Å²) in [5.41, 5.74) is 11.9. The molecule has 1 aliphatic heterocycles. The maximum absolute atomic E-state index is 14.8. The molecule has 0 N–H and O–H groups in total. The summed E-state index contributed by atoms with van der Waals surface area (Å²) < 4.78 is 10.4. The first kappa shape index (κ1) is 30.1. The van der Waals surface area contributed by atoms with Crippen LogP contribution in [0.15, 0.2) is 161 Å². The molecule has 0 bridgehead atoms. The van der Waals surface area contributed by atoms with Gasteiger partial charge in [0.05, 0.1) is 34.8 Å². The van der Waals surface area contributed by atoms with E-state index in [1.807, 2.05) is 34.9 Å². The Labute approximate surface area is 294 Å². The minimum atomic E-state index is -0.259. The van der Waals surface area contributed by atoms with Crippen LogP contribution in [-0.4, -0.2) is 16.2 Å². The lowest BCUT2D eigenvalue weighted by Gasteiger charge is -2.30. The Morgan fingerprint density at radius 2 is 1.42 bits per heavy atom. The molecule has 0 unspecified atom stereocenters. The Hall–Kier alpha value is -5.98. The van der Waals surface area contributed by atoms with Crippen molar-refractivity contribution >= 4 is 23.1 Å². The molecule has 1 aliphatic carbocycles. The van der Waals surface area contributed by atoms with Gasteiger partial charge in [-0.1, -0.05) is 127 Å². The molecule has 0 saturated heterocycles. The highest BCUT2D eigenvalue weighted by molar-refractivity contribution is 7.07. The Morgan fingerprint density at radius 1 is 0.760 bits per heavy atom. The summed E-state index contributed by atoms with van der Waals surface area (Å²) in [6.07, 6.45) is 3.83. The molecular formula is C44H33N3O2S. The maximum Gasteiger partial charge on any atom is 0.271 e. The molecule has 0 fully saturated rings. The lowest BCUT2D eigenvalue weighted by atomic mass is 9.83. The molecule has 5 nitrogen and oxygen atoms in total. The SMILES string of the molecule is COc1ccc([C@H]2C3=C(N=c4s/c(=C/c5cc(-c6ccccc6)n(-c6ccccc6)c5-c5ccccc5)c(=O)n42)c2ccccc2CC3)cc1. The monoisotopic (exact) mass is 667 g/mol. The van der Waals surface area contributed by atoms with E-state index in [4.69, 9.17) is 9.73 Å². The average molecular weight is 668 g/mol. The van der Waals surface area contributed by atoms with Crippen LogP contribution in [0.3, 0.4) is 0 Å². The number of allylic oxidation sites excluding steroid dienone is 1. The van der Waals surface area contributed by atoms with E-state index in [2.05, 4.69) is 126 Å². The largest absolute Gasteiger partial charge is 0.497 e. The molecule has 2 aromatic heterocycles. The van der Waals surface area contributed by atoms with Crippen molar-refractivity contribution in [1.29, 1.82) is 0 Å². The van der Waals surface area contributed by atoms with Gasteiger partial charge in [-0.3, -0.25) is 9.36 Å². The van der Waals surface area contributed by atoms with Gasteiger partial charge < -0.3 is 9.30 Å². The number of thiazole rings is 1. The van der Waals surface area contributed by atoms with Crippen LogP contribution in [0.25, 0.3) is 40.0 Å². The Bertz CT molecular complexity index is 2580. The van der Waals surface area contributed by atoms with Gasteiger partial charge in [0.25, 0.3) is 5.56 Å². The number of para-hydroxylation sites is 1. The summed E-state index contributed by atoms with van der Waals surface area (Å²) in [6.45, 7) is 0. The Balaban J connectivity index is 1.31. The van der Waals surface area contributed by atoms with E-state index in [9.17, 15) is 4.79 Å². The van der Waals surface area contributed by atoms with Gasteiger partial charge in [0.1, 0.15) is 5.75 Å². The molecule has 3 heterocycles. The van der Waals surface area contributed by atoms with Crippen molar-refractivity contribution in [1.82, 2.24) is 9.13 Å². The minimum Gasteiger partial charge on any atom is -0.497 e. The number of nitrogens with zero attached hydrogens (tertiary/aromatic N) is 3. The fourth-order valence-electron chi connectivity index (χ4n) is 7.45. The third-order valence-electron chi connectivity index (χ3n) is 9.75. The van der Waals surface area contributed by atoms with E-state index in [-0.39, 0.29) is 11.6 Å². The second kappa shape index (κ2) is 12.5. The summed E-state index contributed by atoms with van der Waals surface area (Å²) in [7, 11) is 1.68. The zero-order chi connectivity index (χ0) is 33.6. The standard InChI is InChI=1S/C44H33N3O2S/c1-49-35-24-21-32(22-25-35)42-37-26-23-29-13-11-12-20-36(29)40(37)45-44-47(42)43(48)39(50-44)28-33-27-38(30-14-5-2-6-15-30)46(34-18-9-4-10-19-34)41(33)31-16-7-3-8-17-31/h2-22,24-25,27-28,42H,23,26H2,1H3/b39-28+/t42-/m0/s1. The number of aromatic nitrogens is 2. The van der Waals surface area contributed by atoms with Crippen LogP contribution in [0.1, 0.15) is 34.7 Å². The van der Waals surface area contributed by atoms with Crippen molar-refractivity contribution in [3.8, 4) is 34.0 Å². The summed E-state index contributed by atoms with van der Waals surface area (Å²) >= 11 is 1.46. The lowest BCUT2D eigenvalue weighted by molar-refractivity contribution is 0.414. The van der Waals surface area contributed by atoms with Gasteiger partial charge in [0.15, 0.2) is 4.80 Å². The number of aryl methyl sites for hydroxylation is 1. The molecule has 5 aromatic carbocycles. The molecule has 0 spiro atoms. The predicted octanol–water partition coefficient (Wildman–Crippen LogP) is 8.45. The number of hydrogen-bond donors (Lipinski definition) is 0. The van der Waals surface area contributed by atoms with Crippen molar-refractivity contribution in [2.45, 2.75) is 18.9 Å². The Kier molecular flexibility index (Phi) is 7.51. The van der Waals surface area contributed by atoms with Crippen LogP contribution >= 0.6 is 11.3 Å². The molecule has 6 heteroatoms. The number of fused-ring (bicyclic) bond motifs is 3. The second-order valence-electron chi connectivity index (χ2n) is 12.6. The maximum atomic E-state index is 14.8. The van der Waals surface area contributed by atoms with E-state index in [0.29, 0.717) is 9.33 Å². The van der Waals surface area contributed by atoms with E-state index < -0.39 is 0 Å². The molecule has 242 valence electrons. The van der Waals surface area contributed by atoms with Gasteiger partial charge in [-0.2, -0.15) is 0 Å². The quantitative estimate of drug-likeness (QED) is 0.179. The third-order valence-corrected chi connectivity index (χ3v) is 10.7. The van der Waals surface area contributed by atoms with Crippen molar-refractivity contribution in [3.63, 3.8) is 0 Å². The molecule has 2 aliphatic rings. The summed E-state index contributed by atoms with van der Waals surface area (Å²) in [4.78, 5) is 20.7. The van der Waals surface area contributed by atoms with Crippen LogP contribution < -0.4 is 19.6 Å². The third kappa shape index (κ3) is 5.08. The lowest BCUT2D eigenvalue weighted by Crippen LogP contribution is -2.38. The van der Waals surface area contributed by atoms with Crippen molar-refractivity contribution in [3.05, 3.63) is 193 Å². The average Bonchev–Trinajstić information content (AvgIpc) is 3.71. The molecule has 50 heavy (non-hydrogen) atoms. The summed E-state index contributed by atoms with van der Waals surface area (Å²) in [5.74, 6) is 0.787. The fraction of sp³-hybridized carbons (Fsp3) is 0.0909. The first-order valence-corrected chi connectivity index (χ1v) is 17.7. The smallest absolute Gasteiger partial charge is 0.271 e. The molecule has 0 amide bonds. The van der Waals surface area contributed by atoms with Crippen LogP contribution in [0, 0.1) is 0 Å². The van der Waals surface area contributed by atoms with Gasteiger partial charge in [-0.25, -0.2) is 4.99 Å². The van der Waals surface area contributed by atoms with Gasteiger partial charge in [0.2, 0.25) is 0 Å². The van der Waals surface area contributed by atoms with E-state index in [0.717, 1.165) is 69.2 Å². The van der Waals surface area contributed by atoms with Crippen LogP contribution in [0.2, 0.25) is 0 Å². The second-order valence-corrected chi connectivity index (χ2v) is 13.6. The van der Waals surface area contributed by atoms with Crippen LogP contribution in [0.5, 0.6) is 5.75 Å². The van der Waals surface area contributed by atoms with Gasteiger partial charge in [0, 0.05) is 16.8 Å². The number of hydrogen-bond acceptors (Lipinski definition) is 4. The van der Waals surface area contributed by atoms with Crippen LogP contribution in [0.4, 0.5) is 0 Å². The number of methoxy groups -OCH3 is 1. The summed E-state index contributed by atoms with van der Waals surface area (Å²) in [6, 6.07) is 49.9. The van der Waals surface area contributed by atoms with Gasteiger partial charge in [-0.05, 0) is 77.1 Å². The first-order valence-electron chi connectivity index (χ1n) is 16.9. The summed E-state index contributed by atoms with van der Waals surface area (Å²) in [5, 5.41) is 0. The topological polar surface area (TPSA) is 48.5 Å². The van der Waals surface area contributed by atoms with E-state index >= 15 is 0 Å². The normalized spacial score (nSPS) is 15.2. The fourth-order valence-corrected chi connectivity index (χ4v) is 8.44. The zero-order valence-electron chi connectivity index (χ0n) is 27.5. The van der Waals surface area contributed by atoms with Crippen LogP contribution in [-0.2, 0) is 6.42 Å². The minimum absolute atomic E-state index is 0.0345. The molecular weight excluding hydrogens is 635 g/mol. The highest BCUT2D eigenvalue weighted by atomic mass is 32.1. The van der Waals surface area contributed by atoms with Gasteiger partial charge >= 0.3 is 0 Å². The van der Waals surface area contributed by atoms with Crippen molar-refractivity contribution in [2.24, 2.45) is 4.99 Å². The highest BCUT2D eigenvalue weighted by Gasteiger charge is 2.32. The molecule has 1 atom stereocenters. The van der Waals surface area contributed by atoms with Gasteiger partial charge in [-0.15, -0.1) is 0 Å². The first-order chi connectivity index (χ1) is 24.7. The Morgan fingerprint density at radius 3 is 2.14 bits per heavy atom. The van der Waals surface area contributed by atoms with Crippen molar-refractivity contribution < 1.29 is 4.74 Å². The predicted molar refractivity (Wildman–Crippen MR) is 202 cm³/mol. The zero-order valence-corrected chi connectivity index (χ0v) is 28.3.